The molecular formula is C26H22NiP2. The fourth-order valence-corrected chi connectivity index (χ4v) is 7.45. The second kappa shape index (κ2) is 11.4. The van der Waals surface area contributed by atoms with Crippen molar-refractivity contribution in [1.82, 2.24) is 0 Å². The summed E-state index contributed by atoms with van der Waals surface area (Å²) in [5, 5.41) is 5.54. The summed E-state index contributed by atoms with van der Waals surface area (Å²) in [6.45, 7) is 0. The van der Waals surface area contributed by atoms with Gasteiger partial charge in [-0.15, -0.1) is 0 Å². The first-order valence-corrected chi connectivity index (χ1v) is 12.2. The van der Waals surface area contributed by atoms with Crippen LogP contribution >= 0.6 is 15.8 Å². The Morgan fingerprint density at radius 1 is 0.345 bits per heavy atom. The van der Waals surface area contributed by atoms with E-state index in [2.05, 4.69) is 134 Å². The molecule has 0 saturated heterocycles. The topological polar surface area (TPSA) is 0 Å². The van der Waals surface area contributed by atoms with Crippen LogP contribution in [0.15, 0.2) is 121 Å². The van der Waals surface area contributed by atoms with Gasteiger partial charge in [-0.25, -0.2) is 15.8 Å². The van der Waals surface area contributed by atoms with Gasteiger partial charge in [0.15, 0.2) is 0 Å². The molecule has 0 unspecified atom stereocenters. The van der Waals surface area contributed by atoms with E-state index in [1.54, 1.807) is 0 Å². The van der Waals surface area contributed by atoms with E-state index in [1.807, 2.05) is 0 Å². The third-order valence-electron chi connectivity index (χ3n) is 4.50. The van der Waals surface area contributed by atoms with Crippen LogP contribution in [0.5, 0.6) is 0 Å². The molecule has 146 valence electrons. The van der Waals surface area contributed by atoms with Gasteiger partial charge in [0.2, 0.25) is 0 Å². The minimum atomic E-state index is -0.528. The van der Waals surface area contributed by atoms with Gasteiger partial charge in [-0.05, 0) is 0 Å². The molecule has 0 nitrogen and oxygen atoms in total. The Kier molecular flexibility index (Phi) is 8.64. The van der Waals surface area contributed by atoms with Gasteiger partial charge in [-0.1, -0.05) is 143 Å². The van der Waals surface area contributed by atoms with E-state index in [9.17, 15) is 0 Å². The molecule has 4 rings (SSSR count). The number of hydrogen-bond donors (Lipinski definition) is 0. The zero-order valence-electron chi connectivity index (χ0n) is 15.9. The van der Waals surface area contributed by atoms with Crippen LogP contribution in [0.1, 0.15) is 0 Å². The van der Waals surface area contributed by atoms with Crippen molar-refractivity contribution >= 4 is 37.1 Å². The van der Waals surface area contributed by atoms with Crippen molar-refractivity contribution in [2.45, 2.75) is 0 Å². The average Bonchev–Trinajstić information content (AvgIpc) is 2.79. The van der Waals surface area contributed by atoms with Gasteiger partial charge >= 0.3 is 16.5 Å². The minimum Gasteiger partial charge on any atom is -0.454 e. The summed E-state index contributed by atoms with van der Waals surface area (Å²) in [6.07, 6.45) is 4.90. The molecule has 0 aliphatic carbocycles. The van der Waals surface area contributed by atoms with Crippen LogP contribution in [0.3, 0.4) is 0 Å². The molecule has 0 fully saturated rings. The van der Waals surface area contributed by atoms with E-state index < -0.39 is 15.8 Å². The standard InChI is InChI=1S/C26H22P2.Ni/c1-5-13-23(14-6-1)27(24-15-7-2-8-16-24)21-22-28(25-17-9-3-10-18-25)26-19-11-4-12-20-26;/h1-22H;/q-2;+2. The second-order valence-electron chi connectivity index (χ2n) is 6.38. The normalized spacial score (nSPS) is 10.7. The molecule has 4 aromatic rings. The molecule has 0 bridgehead atoms. The molecule has 0 aliphatic heterocycles. The summed E-state index contributed by atoms with van der Waals surface area (Å²) in [4.78, 5) is 0. The summed E-state index contributed by atoms with van der Waals surface area (Å²) in [7, 11) is -1.06. The monoisotopic (exact) mass is 454 g/mol. The Morgan fingerprint density at radius 3 is 0.759 bits per heavy atom. The summed E-state index contributed by atoms with van der Waals surface area (Å²) in [6, 6.07) is 43.4. The van der Waals surface area contributed by atoms with E-state index in [1.165, 1.54) is 21.2 Å². The number of rotatable bonds is 7. The Morgan fingerprint density at radius 2 is 0.552 bits per heavy atom. The summed E-state index contributed by atoms with van der Waals surface area (Å²) in [5.41, 5.74) is 0. The quantitative estimate of drug-likeness (QED) is 0.194. The van der Waals surface area contributed by atoms with E-state index in [0.29, 0.717) is 0 Å². The van der Waals surface area contributed by atoms with Crippen molar-refractivity contribution in [3.05, 3.63) is 134 Å². The Bertz CT molecular complexity index is 798. The first-order chi connectivity index (χ1) is 13.9. The molecule has 0 N–H and O–H groups in total. The van der Waals surface area contributed by atoms with Crippen molar-refractivity contribution in [1.29, 1.82) is 0 Å². The SMILES string of the molecule is [Ni+2].c1ccc(P([CH-][CH-]P(c2ccccc2)c2ccccc2)c2ccccc2)cc1. The molecule has 0 atom stereocenters. The largest absolute Gasteiger partial charge is 2.00 e. The molecule has 0 saturated carbocycles. The molecule has 29 heavy (non-hydrogen) atoms. The Hall–Kier alpha value is -1.77. The molecule has 0 heterocycles. The predicted molar refractivity (Wildman–Crippen MR) is 127 cm³/mol. The van der Waals surface area contributed by atoms with Gasteiger partial charge in [-0.3, -0.25) is 0 Å². The fraction of sp³-hybridized carbons (Fsp3) is 0. The first kappa shape index (κ1) is 21.9. The van der Waals surface area contributed by atoms with E-state index in [4.69, 9.17) is 0 Å². The van der Waals surface area contributed by atoms with Gasteiger partial charge in [0, 0.05) is 0 Å². The van der Waals surface area contributed by atoms with E-state index in [-0.39, 0.29) is 16.5 Å². The summed E-state index contributed by atoms with van der Waals surface area (Å²) < 4.78 is 0. The van der Waals surface area contributed by atoms with Crippen LogP contribution in [0.2, 0.25) is 0 Å². The molecule has 0 aliphatic rings. The number of hydrogen-bond acceptors (Lipinski definition) is 0. The Labute approximate surface area is 186 Å². The third kappa shape index (κ3) is 5.87. The van der Waals surface area contributed by atoms with Crippen molar-refractivity contribution in [2.24, 2.45) is 0 Å². The Balaban J connectivity index is 0.00000240. The molecular weight excluding hydrogens is 433 g/mol. The second-order valence-corrected chi connectivity index (χ2v) is 10.5. The molecule has 0 amide bonds. The maximum atomic E-state index is 2.45. The van der Waals surface area contributed by atoms with Crippen LogP contribution in [0.25, 0.3) is 0 Å². The summed E-state index contributed by atoms with van der Waals surface area (Å²) >= 11 is 0. The molecule has 3 heteroatoms. The molecule has 0 aromatic heterocycles. The van der Waals surface area contributed by atoms with Gasteiger partial charge in [0.1, 0.15) is 0 Å². The fourth-order valence-electron chi connectivity index (χ4n) is 3.13. The summed E-state index contributed by atoms with van der Waals surface area (Å²) in [5.74, 6) is 0. The van der Waals surface area contributed by atoms with Crippen molar-refractivity contribution in [3.8, 4) is 0 Å². The van der Waals surface area contributed by atoms with Crippen LogP contribution in [-0.4, -0.2) is 0 Å². The first-order valence-electron chi connectivity index (χ1n) is 9.39. The average molecular weight is 455 g/mol. The zero-order chi connectivity index (χ0) is 19.0. The molecule has 4 aromatic carbocycles. The zero-order valence-corrected chi connectivity index (χ0v) is 18.7. The maximum absolute atomic E-state index is 2.45. The smallest absolute Gasteiger partial charge is 0.454 e. The van der Waals surface area contributed by atoms with Crippen LogP contribution in [0, 0.1) is 12.3 Å². The van der Waals surface area contributed by atoms with Crippen molar-refractivity contribution in [2.75, 3.05) is 0 Å². The molecule has 0 spiro atoms. The van der Waals surface area contributed by atoms with Gasteiger partial charge in [0.25, 0.3) is 0 Å². The van der Waals surface area contributed by atoms with E-state index in [0.717, 1.165) is 0 Å². The van der Waals surface area contributed by atoms with Gasteiger partial charge in [0.05, 0.1) is 0 Å². The van der Waals surface area contributed by atoms with Crippen LogP contribution < -0.4 is 21.2 Å². The molecule has 0 radical (unpaired) electrons. The van der Waals surface area contributed by atoms with Crippen LogP contribution in [0.4, 0.5) is 0 Å². The van der Waals surface area contributed by atoms with Gasteiger partial charge in [-0.2, -0.15) is 0 Å². The van der Waals surface area contributed by atoms with Crippen LogP contribution in [-0.2, 0) is 16.5 Å². The minimum absolute atomic E-state index is 0. The maximum Gasteiger partial charge on any atom is 2.00 e. The predicted octanol–water partition coefficient (Wildman–Crippen LogP) is 5.57. The van der Waals surface area contributed by atoms with Crippen molar-refractivity contribution in [3.63, 3.8) is 0 Å². The van der Waals surface area contributed by atoms with Crippen molar-refractivity contribution < 1.29 is 16.5 Å². The van der Waals surface area contributed by atoms with E-state index >= 15 is 0 Å². The number of benzene rings is 4. The van der Waals surface area contributed by atoms with Gasteiger partial charge < -0.3 is 12.3 Å². The third-order valence-corrected chi connectivity index (χ3v) is 9.05.